The summed E-state index contributed by atoms with van der Waals surface area (Å²) in [5, 5.41) is 4.74. The number of benzene rings is 1. The lowest BCUT2D eigenvalue weighted by molar-refractivity contribution is -0.143. The molecule has 1 atom stereocenters. The van der Waals surface area contributed by atoms with Gasteiger partial charge in [-0.1, -0.05) is 18.2 Å². The van der Waals surface area contributed by atoms with Crippen LogP contribution in [0.1, 0.15) is 72.3 Å². The third-order valence-electron chi connectivity index (χ3n) is 7.91. The molecule has 8 heteroatoms. The van der Waals surface area contributed by atoms with Crippen molar-refractivity contribution in [3.63, 3.8) is 0 Å². The Morgan fingerprint density at radius 1 is 1.10 bits per heavy atom. The zero-order valence-electron chi connectivity index (χ0n) is 24.5. The maximum absolute atomic E-state index is 12.7. The molecule has 41 heavy (non-hydrogen) atoms. The first kappa shape index (κ1) is 28.9. The predicted molar refractivity (Wildman–Crippen MR) is 157 cm³/mol. The Kier molecular flexibility index (Phi) is 9.72. The number of carbonyl (C=O) groups is 1. The topological polar surface area (TPSA) is 84.7 Å². The molecule has 218 valence electrons. The van der Waals surface area contributed by atoms with Crippen LogP contribution in [0.2, 0.25) is 0 Å². The number of pyridine rings is 1. The lowest BCUT2D eigenvalue weighted by atomic mass is 9.87. The summed E-state index contributed by atoms with van der Waals surface area (Å²) < 4.78 is 24.5. The van der Waals surface area contributed by atoms with Crippen molar-refractivity contribution in [3.05, 3.63) is 76.2 Å². The third kappa shape index (κ3) is 7.36. The van der Waals surface area contributed by atoms with Gasteiger partial charge < -0.3 is 18.9 Å². The summed E-state index contributed by atoms with van der Waals surface area (Å²) in [6.45, 7) is 4.01. The molecule has 3 aromatic rings. The summed E-state index contributed by atoms with van der Waals surface area (Å²) in [7, 11) is 3.55. The Morgan fingerprint density at radius 3 is 2.78 bits per heavy atom. The molecule has 2 aromatic heterocycles. The van der Waals surface area contributed by atoms with Gasteiger partial charge in [0.1, 0.15) is 5.75 Å². The number of aromatic nitrogens is 3. The van der Waals surface area contributed by atoms with E-state index in [2.05, 4.69) is 30.3 Å². The second kappa shape index (κ2) is 13.8. The molecule has 0 amide bonds. The lowest BCUT2D eigenvalue weighted by Crippen LogP contribution is -2.14. The van der Waals surface area contributed by atoms with Crippen molar-refractivity contribution in [2.24, 2.45) is 7.05 Å². The molecule has 1 aromatic carbocycles. The van der Waals surface area contributed by atoms with Crippen LogP contribution in [0.4, 0.5) is 0 Å². The molecular weight excluding hydrogens is 518 g/mol. The van der Waals surface area contributed by atoms with Gasteiger partial charge in [-0.3, -0.25) is 9.78 Å². The Hall–Kier alpha value is -3.65. The molecule has 0 radical (unpaired) electrons. The minimum Gasteiger partial charge on any atom is -0.496 e. The average molecular weight is 560 g/mol. The van der Waals surface area contributed by atoms with Crippen LogP contribution >= 0.6 is 0 Å². The zero-order valence-corrected chi connectivity index (χ0v) is 24.5. The van der Waals surface area contributed by atoms with E-state index in [1.807, 2.05) is 26.1 Å². The van der Waals surface area contributed by atoms with Crippen LogP contribution in [0.25, 0.3) is 5.57 Å². The fourth-order valence-electron chi connectivity index (χ4n) is 5.78. The van der Waals surface area contributed by atoms with Gasteiger partial charge in [0.2, 0.25) is 5.88 Å². The maximum atomic E-state index is 12.7. The molecule has 8 nitrogen and oxygen atoms in total. The fourth-order valence-corrected chi connectivity index (χ4v) is 5.78. The predicted octanol–water partition coefficient (Wildman–Crippen LogP) is 5.41. The molecule has 0 saturated carbocycles. The first-order valence-corrected chi connectivity index (χ1v) is 14.8. The van der Waals surface area contributed by atoms with Gasteiger partial charge in [-0.05, 0) is 85.9 Å². The monoisotopic (exact) mass is 559 g/mol. The molecule has 0 spiro atoms. The normalized spacial score (nSPS) is 15.5. The van der Waals surface area contributed by atoms with Crippen LogP contribution in [-0.2, 0) is 47.0 Å². The van der Waals surface area contributed by atoms with Crippen molar-refractivity contribution in [3.8, 4) is 11.6 Å². The minimum absolute atomic E-state index is 0.174. The van der Waals surface area contributed by atoms with Crippen LogP contribution in [0.5, 0.6) is 11.6 Å². The van der Waals surface area contributed by atoms with E-state index in [1.165, 1.54) is 29.7 Å². The maximum Gasteiger partial charge on any atom is 0.306 e. The van der Waals surface area contributed by atoms with E-state index in [9.17, 15) is 4.79 Å². The van der Waals surface area contributed by atoms with E-state index in [1.54, 1.807) is 11.8 Å². The first-order valence-electron chi connectivity index (χ1n) is 14.8. The van der Waals surface area contributed by atoms with Gasteiger partial charge in [-0.15, -0.1) is 0 Å². The van der Waals surface area contributed by atoms with Crippen molar-refractivity contribution >= 4 is 11.5 Å². The Bertz CT molecular complexity index is 1380. The van der Waals surface area contributed by atoms with Gasteiger partial charge in [0.25, 0.3) is 0 Å². The highest BCUT2D eigenvalue weighted by atomic mass is 16.5. The van der Waals surface area contributed by atoms with Crippen LogP contribution in [0, 0.1) is 0 Å². The van der Waals surface area contributed by atoms with Crippen LogP contribution in [-0.4, -0.2) is 54.3 Å². The molecule has 5 rings (SSSR count). The number of nitrogens with zero attached hydrogens (tertiary/aromatic N) is 3. The molecule has 0 bridgehead atoms. The Morgan fingerprint density at radius 2 is 1.98 bits per heavy atom. The standard InChI is InChI=1S/C33H41N3O5/c1-4-40-33(37)21-26(29-20-25(10-12-31(29)38-3)23-13-16-39-17-14-23)19-28-22-32(36(2)35-28)41-18-15-27-11-9-24-7-5-6-8-30(24)34-27/h9-13,20,22,26H,4-8,14-19,21H2,1-3H3. The quantitative estimate of drug-likeness (QED) is 0.275. The van der Waals surface area contributed by atoms with E-state index < -0.39 is 0 Å². The Labute approximate surface area is 242 Å². The molecule has 0 N–H and O–H groups in total. The number of methoxy groups -OCH3 is 1. The number of aryl methyl sites for hydroxylation is 3. The van der Waals surface area contributed by atoms with Crippen molar-refractivity contribution < 1.29 is 23.7 Å². The number of fused-ring (bicyclic) bond motifs is 1. The number of hydrogen-bond donors (Lipinski definition) is 0. The third-order valence-corrected chi connectivity index (χ3v) is 7.91. The van der Waals surface area contributed by atoms with Gasteiger partial charge >= 0.3 is 5.97 Å². The second-order valence-electron chi connectivity index (χ2n) is 10.7. The highest BCUT2D eigenvalue weighted by Gasteiger charge is 2.24. The molecule has 1 aliphatic carbocycles. The van der Waals surface area contributed by atoms with Crippen LogP contribution in [0.15, 0.2) is 42.5 Å². The summed E-state index contributed by atoms with van der Waals surface area (Å²) in [4.78, 5) is 17.6. The summed E-state index contributed by atoms with van der Waals surface area (Å²) >= 11 is 0. The van der Waals surface area contributed by atoms with E-state index in [-0.39, 0.29) is 18.3 Å². The minimum atomic E-state index is -0.236. The van der Waals surface area contributed by atoms with Crippen molar-refractivity contribution in [2.75, 3.05) is 33.5 Å². The molecule has 0 fully saturated rings. The van der Waals surface area contributed by atoms with Crippen LogP contribution in [0.3, 0.4) is 0 Å². The van der Waals surface area contributed by atoms with Gasteiger partial charge in [-0.2, -0.15) is 5.10 Å². The largest absolute Gasteiger partial charge is 0.496 e. The number of carbonyl (C=O) groups excluding carboxylic acids is 1. The smallest absolute Gasteiger partial charge is 0.306 e. The number of esters is 1. The van der Waals surface area contributed by atoms with Gasteiger partial charge in [0.15, 0.2) is 0 Å². The number of rotatable bonds is 12. The summed E-state index contributed by atoms with van der Waals surface area (Å²) in [5.74, 6) is 1.04. The zero-order chi connectivity index (χ0) is 28.6. The number of hydrogen-bond acceptors (Lipinski definition) is 7. The highest BCUT2D eigenvalue weighted by molar-refractivity contribution is 5.72. The second-order valence-corrected chi connectivity index (χ2v) is 10.7. The molecule has 1 unspecified atom stereocenters. The fraction of sp³-hybridized carbons (Fsp3) is 0.485. The molecule has 0 saturated heterocycles. The van der Waals surface area contributed by atoms with E-state index in [0.717, 1.165) is 53.9 Å². The first-order chi connectivity index (χ1) is 20.0. The van der Waals surface area contributed by atoms with Gasteiger partial charge in [0.05, 0.1) is 45.7 Å². The molecule has 1 aliphatic heterocycles. The van der Waals surface area contributed by atoms with Crippen LogP contribution < -0.4 is 9.47 Å². The van der Waals surface area contributed by atoms with Crippen molar-refractivity contribution in [1.82, 2.24) is 14.8 Å². The molecule has 2 aliphatic rings. The summed E-state index contributed by atoms with van der Waals surface area (Å²) in [6, 6.07) is 12.5. The van der Waals surface area contributed by atoms with Gasteiger partial charge in [0, 0.05) is 36.8 Å². The van der Waals surface area contributed by atoms with E-state index >= 15 is 0 Å². The Balaban J connectivity index is 1.31. The summed E-state index contributed by atoms with van der Waals surface area (Å²) in [5.41, 5.74) is 7.89. The number of ether oxygens (including phenoxy) is 4. The van der Waals surface area contributed by atoms with E-state index in [4.69, 9.17) is 29.0 Å². The average Bonchev–Trinajstić information content (AvgIpc) is 3.35. The van der Waals surface area contributed by atoms with Crippen molar-refractivity contribution in [2.45, 2.75) is 64.2 Å². The molecule has 3 heterocycles. The lowest BCUT2D eigenvalue weighted by Gasteiger charge is -2.21. The molecular formula is C33H41N3O5. The van der Waals surface area contributed by atoms with E-state index in [0.29, 0.717) is 38.7 Å². The van der Waals surface area contributed by atoms with Gasteiger partial charge in [-0.25, -0.2) is 4.68 Å². The van der Waals surface area contributed by atoms with Crippen molar-refractivity contribution in [1.29, 1.82) is 0 Å². The highest BCUT2D eigenvalue weighted by Crippen LogP contribution is 2.36. The summed E-state index contributed by atoms with van der Waals surface area (Å²) in [6.07, 6.45) is 9.18. The SMILES string of the molecule is CCOC(=O)CC(Cc1cc(OCCc2ccc3c(n2)CCCC3)n(C)n1)c1cc(C2=CCOCC2)ccc1OC.